The largest absolute Gasteiger partial charge is 0.393 e. The van der Waals surface area contributed by atoms with E-state index in [0.717, 1.165) is 11.2 Å². The number of aliphatic hydroxyl groups is 1. The summed E-state index contributed by atoms with van der Waals surface area (Å²) >= 11 is 0. The molecule has 0 amide bonds. The number of rotatable bonds is 5. The summed E-state index contributed by atoms with van der Waals surface area (Å²) in [5.74, 6) is 1.04. The van der Waals surface area contributed by atoms with E-state index < -0.39 is 0 Å². The molecule has 0 saturated carbocycles. The van der Waals surface area contributed by atoms with Crippen LogP contribution in [-0.2, 0) is 7.05 Å². The van der Waals surface area contributed by atoms with Gasteiger partial charge in [0.15, 0.2) is 5.65 Å². The first-order chi connectivity index (χ1) is 8.58. The van der Waals surface area contributed by atoms with Gasteiger partial charge in [0, 0.05) is 19.8 Å². The van der Waals surface area contributed by atoms with Crippen LogP contribution < -0.4 is 5.32 Å². The molecule has 6 heteroatoms. The van der Waals surface area contributed by atoms with E-state index in [2.05, 4.69) is 20.4 Å². The van der Waals surface area contributed by atoms with Crippen molar-refractivity contribution in [2.45, 2.75) is 26.4 Å². The van der Waals surface area contributed by atoms with Gasteiger partial charge in [-0.3, -0.25) is 4.68 Å². The molecule has 0 aliphatic carbocycles. The molecule has 98 valence electrons. The van der Waals surface area contributed by atoms with Crippen molar-refractivity contribution in [2.75, 3.05) is 11.9 Å². The van der Waals surface area contributed by atoms with Gasteiger partial charge in [-0.2, -0.15) is 5.10 Å². The molecule has 1 atom stereocenters. The van der Waals surface area contributed by atoms with E-state index in [4.69, 9.17) is 0 Å². The highest BCUT2D eigenvalue weighted by molar-refractivity contribution is 5.85. The second kappa shape index (κ2) is 5.30. The molecule has 0 fully saturated rings. The van der Waals surface area contributed by atoms with Gasteiger partial charge in [-0.25, -0.2) is 9.97 Å². The summed E-state index contributed by atoms with van der Waals surface area (Å²) in [6, 6.07) is 0. The Labute approximate surface area is 106 Å². The second-order valence-corrected chi connectivity index (χ2v) is 4.79. The molecular weight excluding hydrogens is 230 g/mol. The Balaban J connectivity index is 2.03. The summed E-state index contributed by atoms with van der Waals surface area (Å²) in [7, 11) is 1.86. The number of nitrogens with zero attached hydrogens (tertiary/aromatic N) is 4. The van der Waals surface area contributed by atoms with Crippen LogP contribution in [0.15, 0.2) is 12.5 Å². The summed E-state index contributed by atoms with van der Waals surface area (Å²) in [6.45, 7) is 4.70. The fourth-order valence-corrected chi connectivity index (χ4v) is 1.76. The van der Waals surface area contributed by atoms with Crippen LogP contribution in [-0.4, -0.2) is 37.5 Å². The van der Waals surface area contributed by atoms with Crippen LogP contribution in [0.25, 0.3) is 11.0 Å². The molecule has 2 aromatic rings. The highest BCUT2D eigenvalue weighted by atomic mass is 16.3. The lowest BCUT2D eigenvalue weighted by molar-refractivity contribution is 0.120. The van der Waals surface area contributed by atoms with Crippen molar-refractivity contribution in [3.8, 4) is 0 Å². The summed E-state index contributed by atoms with van der Waals surface area (Å²) < 4.78 is 1.72. The Hall–Kier alpha value is -1.69. The quantitative estimate of drug-likeness (QED) is 0.832. The number of nitrogens with one attached hydrogen (secondary N) is 1. The van der Waals surface area contributed by atoms with Crippen LogP contribution in [0.5, 0.6) is 0 Å². The zero-order valence-corrected chi connectivity index (χ0v) is 11.0. The van der Waals surface area contributed by atoms with Crippen molar-refractivity contribution in [2.24, 2.45) is 13.0 Å². The van der Waals surface area contributed by atoms with Crippen LogP contribution in [0.3, 0.4) is 0 Å². The van der Waals surface area contributed by atoms with Crippen molar-refractivity contribution in [1.29, 1.82) is 0 Å². The summed E-state index contributed by atoms with van der Waals surface area (Å²) in [5.41, 5.74) is 0.680. The number of fused-ring (bicyclic) bond motifs is 1. The van der Waals surface area contributed by atoms with E-state index in [9.17, 15) is 5.11 Å². The zero-order valence-electron chi connectivity index (χ0n) is 11.0. The van der Waals surface area contributed by atoms with Crippen molar-refractivity contribution in [3.63, 3.8) is 0 Å². The molecule has 0 aliphatic heterocycles. The van der Waals surface area contributed by atoms with Crippen LogP contribution in [0.1, 0.15) is 20.3 Å². The standard InChI is InChI=1S/C12H19N5O/c1-8(2)10(18)4-5-13-11-9-6-17(3)16-12(9)15-7-14-11/h6-8,10,18H,4-5H2,1-3H3,(H,13,14,15,16). The topological polar surface area (TPSA) is 75.9 Å². The maximum atomic E-state index is 9.73. The Morgan fingerprint density at radius 2 is 2.17 bits per heavy atom. The third-order valence-corrected chi connectivity index (χ3v) is 2.93. The lowest BCUT2D eigenvalue weighted by Gasteiger charge is -2.14. The molecule has 6 nitrogen and oxygen atoms in total. The first kappa shape index (κ1) is 12.8. The molecular formula is C12H19N5O. The number of anilines is 1. The maximum absolute atomic E-state index is 9.73. The fourth-order valence-electron chi connectivity index (χ4n) is 1.76. The van der Waals surface area contributed by atoms with Crippen molar-refractivity contribution >= 4 is 16.9 Å². The van der Waals surface area contributed by atoms with Gasteiger partial charge in [0.2, 0.25) is 0 Å². The van der Waals surface area contributed by atoms with Gasteiger partial charge in [0.1, 0.15) is 12.1 Å². The number of hydrogen-bond donors (Lipinski definition) is 2. The Morgan fingerprint density at radius 3 is 2.89 bits per heavy atom. The number of hydrogen-bond acceptors (Lipinski definition) is 5. The normalized spacial score (nSPS) is 13.2. The Bertz CT molecular complexity index is 522. The monoisotopic (exact) mass is 249 g/mol. The number of aliphatic hydroxyl groups excluding tert-OH is 1. The Kier molecular flexibility index (Phi) is 3.76. The van der Waals surface area contributed by atoms with E-state index in [1.165, 1.54) is 6.33 Å². The molecule has 0 spiro atoms. The minimum atomic E-state index is -0.288. The molecule has 2 N–H and O–H groups in total. The minimum Gasteiger partial charge on any atom is -0.393 e. The molecule has 2 rings (SSSR count). The van der Waals surface area contributed by atoms with Crippen molar-refractivity contribution < 1.29 is 5.11 Å². The fraction of sp³-hybridized carbons (Fsp3) is 0.583. The molecule has 0 aromatic carbocycles. The molecule has 18 heavy (non-hydrogen) atoms. The van der Waals surface area contributed by atoms with E-state index in [0.29, 0.717) is 18.6 Å². The van der Waals surface area contributed by atoms with Gasteiger partial charge in [-0.1, -0.05) is 13.8 Å². The first-order valence-electron chi connectivity index (χ1n) is 6.14. The second-order valence-electron chi connectivity index (χ2n) is 4.79. The van der Waals surface area contributed by atoms with Crippen LogP contribution >= 0.6 is 0 Å². The highest BCUT2D eigenvalue weighted by Gasteiger charge is 2.10. The molecule has 1 unspecified atom stereocenters. The first-order valence-corrected chi connectivity index (χ1v) is 6.14. The smallest absolute Gasteiger partial charge is 0.186 e. The van der Waals surface area contributed by atoms with E-state index >= 15 is 0 Å². The molecule has 0 bridgehead atoms. The Morgan fingerprint density at radius 1 is 1.39 bits per heavy atom. The SMILES string of the molecule is CC(C)C(O)CCNc1ncnc2nn(C)cc12. The average Bonchev–Trinajstić information content (AvgIpc) is 2.70. The minimum absolute atomic E-state index is 0.274. The average molecular weight is 249 g/mol. The van der Waals surface area contributed by atoms with Gasteiger partial charge in [0.25, 0.3) is 0 Å². The number of aromatic nitrogens is 4. The summed E-state index contributed by atoms with van der Waals surface area (Å²) in [5, 5.41) is 18.1. The summed E-state index contributed by atoms with van der Waals surface area (Å²) in [6.07, 6.45) is 3.79. The lowest BCUT2D eigenvalue weighted by atomic mass is 10.0. The molecule has 0 radical (unpaired) electrons. The van der Waals surface area contributed by atoms with Gasteiger partial charge in [-0.15, -0.1) is 0 Å². The van der Waals surface area contributed by atoms with Crippen LogP contribution in [0.4, 0.5) is 5.82 Å². The molecule has 2 aromatic heterocycles. The van der Waals surface area contributed by atoms with Gasteiger partial charge < -0.3 is 10.4 Å². The molecule has 2 heterocycles. The lowest BCUT2D eigenvalue weighted by Crippen LogP contribution is -2.19. The van der Waals surface area contributed by atoms with Crippen LogP contribution in [0, 0.1) is 5.92 Å². The highest BCUT2D eigenvalue weighted by Crippen LogP contribution is 2.17. The van der Waals surface area contributed by atoms with Gasteiger partial charge in [0.05, 0.1) is 11.5 Å². The van der Waals surface area contributed by atoms with Crippen molar-refractivity contribution in [3.05, 3.63) is 12.5 Å². The van der Waals surface area contributed by atoms with E-state index in [1.54, 1.807) is 4.68 Å². The summed E-state index contributed by atoms with van der Waals surface area (Å²) in [4.78, 5) is 8.31. The zero-order chi connectivity index (χ0) is 13.1. The molecule has 0 aliphatic rings. The predicted molar refractivity (Wildman–Crippen MR) is 70.3 cm³/mol. The van der Waals surface area contributed by atoms with Gasteiger partial charge >= 0.3 is 0 Å². The van der Waals surface area contributed by atoms with E-state index in [-0.39, 0.29) is 12.0 Å². The van der Waals surface area contributed by atoms with E-state index in [1.807, 2.05) is 27.1 Å². The van der Waals surface area contributed by atoms with Gasteiger partial charge in [-0.05, 0) is 12.3 Å². The third-order valence-electron chi connectivity index (χ3n) is 2.93. The van der Waals surface area contributed by atoms with Crippen LogP contribution in [0.2, 0.25) is 0 Å². The molecule has 0 saturated heterocycles. The predicted octanol–water partition coefficient (Wildman–Crippen LogP) is 1.18. The maximum Gasteiger partial charge on any atom is 0.186 e. The third kappa shape index (κ3) is 2.76. The number of aryl methyl sites for hydroxylation is 1. The van der Waals surface area contributed by atoms with Crippen molar-refractivity contribution in [1.82, 2.24) is 19.7 Å².